The van der Waals surface area contributed by atoms with Crippen molar-refractivity contribution in [3.05, 3.63) is 65.4 Å². The second-order valence-electron chi connectivity index (χ2n) is 6.27. The lowest BCUT2D eigenvalue weighted by Gasteiger charge is -2.22. The molecule has 0 spiro atoms. The summed E-state index contributed by atoms with van der Waals surface area (Å²) >= 11 is 0. The second-order valence-corrected chi connectivity index (χ2v) is 6.27. The minimum atomic E-state index is -4.33. The van der Waals surface area contributed by atoms with E-state index in [0.717, 1.165) is 22.5 Å². The Morgan fingerprint density at radius 1 is 1.12 bits per heavy atom. The molecule has 0 atom stereocenters. The number of alkyl halides is 3. The smallest absolute Gasteiger partial charge is 0.303 e. The van der Waals surface area contributed by atoms with Crippen molar-refractivity contribution in [2.24, 2.45) is 0 Å². The van der Waals surface area contributed by atoms with Gasteiger partial charge < -0.3 is 5.32 Å². The fraction of sp³-hybridized carbons (Fsp3) is 0.278. The van der Waals surface area contributed by atoms with E-state index in [9.17, 15) is 13.2 Å². The normalized spacial score (nSPS) is 16.5. The summed E-state index contributed by atoms with van der Waals surface area (Å²) in [6, 6.07) is 11.8. The van der Waals surface area contributed by atoms with Gasteiger partial charge in [-0.05, 0) is 36.1 Å². The quantitative estimate of drug-likeness (QED) is 0.746. The molecule has 0 radical (unpaired) electrons. The lowest BCUT2D eigenvalue weighted by Crippen LogP contribution is -2.30. The van der Waals surface area contributed by atoms with E-state index in [4.69, 9.17) is 0 Å². The zero-order chi connectivity index (χ0) is 16.8. The van der Waals surface area contributed by atoms with Crippen molar-refractivity contribution in [3.63, 3.8) is 0 Å². The third-order valence-corrected chi connectivity index (χ3v) is 4.64. The zero-order valence-electron chi connectivity index (χ0n) is 12.8. The van der Waals surface area contributed by atoms with Gasteiger partial charge >= 0.3 is 6.18 Å². The van der Waals surface area contributed by atoms with Crippen molar-refractivity contribution < 1.29 is 13.2 Å². The average Bonchev–Trinajstić information content (AvgIpc) is 3.21. The van der Waals surface area contributed by atoms with Gasteiger partial charge in [0.2, 0.25) is 0 Å². The topological polar surface area (TPSA) is 40.7 Å². The molecule has 1 aliphatic rings. The van der Waals surface area contributed by atoms with Gasteiger partial charge in [-0.2, -0.15) is 18.3 Å². The number of benzene rings is 2. The van der Waals surface area contributed by atoms with Crippen LogP contribution in [0.1, 0.15) is 29.5 Å². The van der Waals surface area contributed by atoms with Crippen LogP contribution in [-0.4, -0.2) is 10.2 Å². The number of fused-ring (bicyclic) bond motifs is 1. The predicted molar refractivity (Wildman–Crippen MR) is 85.3 cm³/mol. The van der Waals surface area contributed by atoms with Crippen LogP contribution in [0.3, 0.4) is 0 Å². The largest absolute Gasteiger partial charge is 0.416 e. The minimum absolute atomic E-state index is 0.347. The monoisotopic (exact) mass is 331 g/mol. The van der Waals surface area contributed by atoms with E-state index in [1.165, 1.54) is 6.07 Å². The van der Waals surface area contributed by atoms with Gasteiger partial charge in [-0.3, -0.25) is 5.10 Å². The Morgan fingerprint density at radius 2 is 1.92 bits per heavy atom. The number of aromatic nitrogens is 2. The Kier molecular flexibility index (Phi) is 3.38. The van der Waals surface area contributed by atoms with Crippen LogP contribution < -0.4 is 5.32 Å². The highest BCUT2D eigenvalue weighted by atomic mass is 19.4. The van der Waals surface area contributed by atoms with Gasteiger partial charge in [-0.15, -0.1) is 0 Å². The number of hydrogen-bond donors (Lipinski definition) is 2. The molecular formula is C18H16F3N3. The Morgan fingerprint density at radius 3 is 2.67 bits per heavy atom. The van der Waals surface area contributed by atoms with Crippen LogP contribution >= 0.6 is 0 Å². The number of H-pyrrole nitrogens is 1. The number of aromatic amines is 1. The first kappa shape index (κ1) is 15.2. The third kappa shape index (κ3) is 2.67. The van der Waals surface area contributed by atoms with Crippen molar-refractivity contribution in [2.45, 2.75) is 31.1 Å². The van der Waals surface area contributed by atoms with Gasteiger partial charge in [0.05, 0.1) is 17.3 Å². The molecule has 3 aromatic rings. The first-order valence-electron chi connectivity index (χ1n) is 7.82. The lowest BCUT2D eigenvalue weighted by molar-refractivity contribution is -0.138. The van der Waals surface area contributed by atoms with Gasteiger partial charge in [0.25, 0.3) is 0 Å². The Hall–Kier alpha value is -2.34. The highest BCUT2D eigenvalue weighted by molar-refractivity contribution is 5.78. The maximum absolute atomic E-state index is 13.3. The van der Waals surface area contributed by atoms with Gasteiger partial charge in [0.15, 0.2) is 0 Å². The molecule has 0 bridgehead atoms. The standard InChI is InChI=1S/C18H16F3N3/c19-18(20,21)15-4-2-1-3-14(15)17(7-8-17)22-10-12-5-6-13-11-23-24-16(13)9-12/h1-6,9,11,22H,7-8,10H2,(H,23,24). The summed E-state index contributed by atoms with van der Waals surface area (Å²) in [4.78, 5) is 0. The molecule has 124 valence electrons. The Balaban J connectivity index is 1.58. The van der Waals surface area contributed by atoms with Gasteiger partial charge in [0, 0.05) is 17.5 Å². The van der Waals surface area contributed by atoms with E-state index in [1.807, 2.05) is 18.2 Å². The molecule has 1 saturated carbocycles. The number of halogens is 3. The van der Waals surface area contributed by atoms with Crippen molar-refractivity contribution in [1.29, 1.82) is 0 Å². The van der Waals surface area contributed by atoms with Crippen molar-refractivity contribution in [3.8, 4) is 0 Å². The molecule has 2 N–H and O–H groups in total. The highest BCUT2D eigenvalue weighted by Gasteiger charge is 2.48. The maximum Gasteiger partial charge on any atom is 0.416 e. The summed E-state index contributed by atoms with van der Waals surface area (Å²) in [6.07, 6.45) is -1.16. The molecule has 1 fully saturated rings. The first-order valence-corrected chi connectivity index (χ1v) is 7.82. The van der Waals surface area contributed by atoms with Crippen molar-refractivity contribution in [2.75, 3.05) is 0 Å². The Bertz CT molecular complexity index is 878. The molecule has 0 amide bonds. The fourth-order valence-electron chi connectivity index (χ4n) is 3.18. The van der Waals surface area contributed by atoms with Crippen LogP contribution in [0.15, 0.2) is 48.7 Å². The summed E-state index contributed by atoms with van der Waals surface area (Å²) < 4.78 is 39.8. The summed E-state index contributed by atoms with van der Waals surface area (Å²) in [7, 11) is 0. The summed E-state index contributed by atoms with van der Waals surface area (Å²) in [5.74, 6) is 0. The first-order chi connectivity index (χ1) is 11.5. The van der Waals surface area contributed by atoms with Crippen molar-refractivity contribution >= 4 is 10.9 Å². The van der Waals surface area contributed by atoms with Gasteiger partial charge in [-0.1, -0.05) is 30.3 Å². The molecular weight excluding hydrogens is 315 g/mol. The van der Waals surface area contributed by atoms with E-state index in [-0.39, 0.29) is 0 Å². The van der Waals surface area contributed by atoms with Crippen LogP contribution in [0.2, 0.25) is 0 Å². The highest BCUT2D eigenvalue weighted by Crippen LogP contribution is 2.49. The van der Waals surface area contributed by atoms with Crippen LogP contribution in [0, 0.1) is 0 Å². The number of hydrogen-bond acceptors (Lipinski definition) is 2. The van der Waals surface area contributed by atoms with Crippen LogP contribution in [0.25, 0.3) is 10.9 Å². The van der Waals surface area contributed by atoms with Crippen LogP contribution in [-0.2, 0) is 18.3 Å². The van der Waals surface area contributed by atoms with Gasteiger partial charge in [-0.25, -0.2) is 0 Å². The second kappa shape index (κ2) is 5.34. The van der Waals surface area contributed by atoms with Crippen molar-refractivity contribution in [1.82, 2.24) is 15.5 Å². The molecule has 0 aliphatic heterocycles. The van der Waals surface area contributed by atoms with Gasteiger partial charge in [0.1, 0.15) is 0 Å². The predicted octanol–water partition coefficient (Wildman–Crippen LogP) is 4.36. The zero-order valence-corrected chi connectivity index (χ0v) is 12.8. The molecule has 6 heteroatoms. The SMILES string of the molecule is FC(F)(F)c1ccccc1C1(NCc2ccc3cn[nH]c3c2)CC1. The number of nitrogens with one attached hydrogen (secondary N) is 2. The molecule has 0 saturated heterocycles. The van der Waals surface area contributed by atoms with Crippen LogP contribution in [0.4, 0.5) is 13.2 Å². The van der Waals surface area contributed by atoms with E-state index in [0.29, 0.717) is 24.9 Å². The molecule has 1 heterocycles. The van der Waals surface area contributed by atoms with E-state index < -0.39 is 17.3 Å². The van der Waals surface area contributed by atoms with E-state index >= 15 is 0 Å². The molecule has 1 aliphatic carbocycles. The number of rotatable bonds is 4. The summed E-state index contributed by atoms with van der Waals surface area (Å²) in [5, 5.41) is 11.2. The molecule has 24 heavy (non-hydrogen) atoms. The van der Waals surface area contributed by atoms with Crippen LogP contribution in [0.5, 0.6) is 0 Å². The maximum atomic E-state index is 13.3. The summed E-state index contributed by atoms with van der Waals surface area (Å²) in [6.45, 7) is 0.515. The molecule has 3 nitrogen and oxygen atoms in total. The number of nitrogens with zero attached hydrogens (tertiary/aromatic N) is 1. The van der Waals surface area contributed by atoms with E-state index in [2.05, 4.69) is 15.5 Å². The molecule has 0 unspecified atom stereocenters. The molecule has 4 rings (SSSR count). The Labute approximate surface area is 136 Å². The fourth-order valence-corrected chi connectivity index (χ4v) is 3.18. The molecule has 2 aromatic carbocycles. The average molecular weight is 331 g/mol. The third-order valence-electron chi connectivity index (χ3n) is 4.64. The lowest BCUT2D eigenvalue weighted by atomic mass is 9.97. The van der Waals surface area contributed by atoms with E-state index in [1.54, 1.807) is 18.3 Å². The minimum Gasteiger partial charge on any atom is -0.303 e. The summed E-state index contributed by atoms with van der Waals surface area (Å²) in [5.41, 5.74) is 1.17. The molecule has 1 aromatic heterocycles.